The average Bonchev–Trinajstić information content (AvgIpc) is 3.30. The lowest BCUT2D eigenvalue weighted by molar-refractivity contribution is 0.860. The van der Waals surface area contributed by atoms with Gasteiger partial charge in [-0.3, -0.25) is 0 Å². The van der Waals surface area contributed by atoms with Gasteiger partial charge in [0.2, 0.25) is 11.9 Å². The first-order valence-corrected chi connectivity index (χ1v) is 9.94. The number of aromatic nitrogens is 6. The zero-order valence-corrected chi connectivity index (χ0v) is 16.8. The van der Waals surface area contributed by atoms with Gasteiger partial charge in [-0.15, -0.1) is 0 Å². The van der Waals surface area contributed by atoms with Gasteiger partial charge in [0, 0.05) is 17.8 Å². The maximum atomic E-state index is 4.75. The Bertz CT molecular complexity index is 1300. The molecule has 8 heteroatoms. The van der Waals surface area contributed by atoms with Crippen molar-refractivity contribution in [3.8, 4) is 11.3 Å². The number of nitrogens with one attached hydrogen (secondary N) is 2. The Kier molecular flexibility index (Phi) is 4.94. The van der Waals surface area contributed by atoms with Crippen LogP contribution in [0.5, 0.6) is 0 Å². The summed E-state index contributed by atoms with van der Waals surface area (Å²) in [5, 5.41) is 10.9. The number of benzene rings is 2. The van der Waals surface area contributed by atoms with Gasteiger partial charge in [-0.25, -0.2) is 15.0 Å². The van der Waals surface area contributed by atoms with E-state index < -0.39 is 0 Å². The van der Waals surface area contributed by atoms with Crippen LogP contribution >= 0.6 is 0 Å². The van der Waals surface area contributed by atoms with Gasteiger partial charge in [-0.1, -0.05) is 60.7 Å². The molecular weight excluding hydrogens is 388 g/mol. The lowest BCUT2D eigenvalue weighted by Gasteiger charge is -2.15. The molecule has 8 nitrogen and oxygen atoms in total. The number of rotatable bonds is 6. The number of fused-ring (bicyclic) bond motifs is 1. The number of anilines is 3. The van der Waals surface area contributed by atoms with Crippen LogP contribution in [-0.2, 0) is 0 Å². The summed E-state index contributed by atoms with van der Waals surface area (Å²) < 4.78 is 1.65. The molecule has 31 heavy (non-hydrogen) atoms. The minimum absolute atomic E-state index is 0.0676. The maximum Gasteiger partial charge on any atom is 0.232 e. The third kappa shape index (κ3) is 4.04. The summed E-state index contributed by atoms with van der Waals surface area (Å²) >= 11 is 0. The van der Waals surface area contributed by atoms with Crippen molar-refractivity contribution in [1.82, 2.24) is 29.5 Å². The second-order valence-corrected chi connectivity index (χ2v) is 7.03. The summed E-state index contributed by atoms with van der Waals surface area (Å²) in [6, 6.07) is 23.9. The highest BCUT2D eigenvalue weighted by atomic mass is 15.4. The predicted octanol–water partition coefficient (Wildman–Crippen LogP) is 4.50. The van der Waals surface area contributed by atoms with Crippen molar-refractivity contribution in [2.75, 3.05) is 10.6 Å². The van der Waals surface area contributed by atoms with Crippen LogP contribution < -0.4 is 10.6 Å². The third-order valence-corrected chi connectivity index (χ3v) is 4.88. The Morgan fingerprint density at radius 3 is 2.45 bits per heavy atom. The first-order valence-electron chi connectivity index (χ1n) is 9.94. The highest BCUT2D eigenvalue weighted by Gasteiger charge is 2.12. The van der Waals surface area contributed by atoms with Gasteiger partial charge in [0.25, 0.3) is 0 Å². The van der Waals surface area contributed by atoms with Crippen molar-refractivity contribution in [2.45, 2.75) is 13.0 Å². The minimum atomic E-state index is 0.0676. The SMILES string of the molecule is C[C@@H](Nc1nccc(Nc2nc(-c3ccccc3)cc3ncnn23)n1)c1ccccc1. The Balaban J connectivity index is 1.44. The van der Waals surface area contributed by atoms with E-state index in [0.717, 1.165) is 16.8 Å². The van der Waals surface area contributed by atoms with Crippen molar-refractivity contribution in [2.24, 2.45) is 0 Å². The van der Waals surface area contributed by atoms with Crippen LogP contribution in [0, 0.1) is 0 Å². The summed E-state index contributed by atoms with van der Waals surface area (Å²) in [6.45, 7) is 2.07. The minimum Gasteiger partial charge on any atom is -0.348 e. The fourth-order valence-corrected chi connectivity index (χ4v) is 3.30. The quantitative estimate of drug-likeness (QED) is 0.427. The molecule has 2 N–H and O–H groups in total. The van der Waals surface area contributed by atoms with E-state index in [9.17, 15) is 0 Å². The first-order chi connectivity index (χ1) is 15.3. The van der Waals surface area contributed by atoms with Crippen molar-refractivity contribution in [1.29, 1.82) is 0 Å². The van der Waals surface area contributed by atoms with E-state index in [0.29, 0.717) is 23.4 Å². The zero-order valence-electron chi connectivity index (χ0n) is 16.8. The van der Waals surface area contributed by atoms with E-state index in [4.69, 9.17) is 4.98 Å². The smallest absolute Gasteiger partial charge is 0.232 e. The molecule has 0 unspecified atom stereocenters. The van der Waals surface area contributed by atoms with E-state index in [1.807, 2.05) is 54.6 Å². The summed E-state index contributed by atoms with van der Waals surface area (Å²) in [7, 11) is 0. The Labute approximate surface area is 179 Å². The standard InChI is InChI=1S/C23H20N8/c1-16(17-8-4-2-5-9-17)27-22-24-13-12-20(29-22)30-23-28-19(18-10-6-3-7-11-18)14-21-25-15-26-31(21)23/h2-16H,1H3,(H2,24,27,28,29,30)/t16-/m1/s1. The molecule has 0 fully saturated rings. The molecule has 0 amide bonds. The molecule has 3 heterocycles. The van der Waals surface area contributed by atoms with Gasteiger partial charge in [-0.05, 0) is 18.6 Å². The van der Waals surface area contributed by atoms with Crippen LogP contribution in [0.3, 0.4) is 0 Å². The molecule has 0 spiro atoms. The highest BCUT2D eigenvalue weighted by molar-refractivity contribution is 5.66. The molecule has 2 aromatic carbocycles. The average molecular weight is 408 g/mol. The van der Waals surface area contributed by atoms with Crippen LogP contribution in [0.15, 0.2) is 85.3 Å². The Morgan fingerprint density at radius 1 is 0.871 bits per heavy atom. The fourth-order valence-electron chi connectivity index (χ4n) is 3.30. The molecule has 0 aliphatic rings. The van der Waals surface area contributed by atoms with E-state index in [1.165, 1.54) is 6.33 Å². The number of hydrogen-bond donors (Lipinski definition) is 2. The molecule has 5 aromatic rings. The van der Waals surface area contributed by atoms with Crippen LogP contribution in [0.4, 0.5) is 17.7 Å². The summed E-state index contributed by atoms with van der Waals surface area (Å²) in [6.07, 6.45) is 3.21. The summed E-state index contributed by atoms with van der Waals surface area (Å²) in [5.41, 5.74) is 3.65. The van der Waals surface area contributed by atoms with Crippen LogP contribution in [-0.4, -0.2) is 29.5 Å². The molecule has 0 aliphatic heterocycles. The van der Waals surface area contributed by atoms with Crippen LogP contribution in [0.1, 0.15) is 18.5 Å². The van der Waals surface area contributed by atoms with Crippen LogP contribution in [0.2, 0.25) is 0 Å². The third-order valence-electron chi connectivity index (χ3n) is 4.88. The molecule has 0 bridgehead atoms. The zero-order chi connectivity index (χ0) is 21.0. The number of nitrogens with zero attached hydrogens (tertiary/aromatic N) is 6. The molecule has 1 atom stereocenters. The second-order valence-electron chi connectivity index (χ2n) is 7.03. The molecule has 152 valence electrons. The lowest BCUT2D eigenvalue weighted by atomic mass is 10.1. The topological polar surface area (TPSA) is 92.9 Å². The lowest BCUT2D eigenvalue weighted by Crippen LogP contribution is -2.11. The van der Waals surface area contributed by atoms with Gasteiger partial charge < -0.3 is 10.6 Å². The van der Waals surface area contributed by atoms with Crippen molar-refractivity contribution >= 4 is 23.4 Å². The molecular formula is C23H20N8. The van der Waals surface area contributed by atoms with Crippen molar-refractivity contribution in [3.63, 3.8) is 0 Å². The second kappa shape index (κ2) is 8.19. The molecule has 0 radical (unpaired) electrons. The Morgan fingerprint density at radius 2 is 1.65 bits per heavy atom. The first kappa shape index (κ1) is 18.7. The summed E-state index contributed by atoms with van der Waals surface area (Å²) in [5.74, 6) is 1.65. The van der Waals surface area contributed by atoms with Gasteiger partial charge in [0.15, 0.2) is 5.65 Å². The van der Waals surface area contributed by atoms with E-state index in [2.05, 4.69) is 49.7 Å². The predicted molar refractivity (Wildman–Crippen MR) is 120 cm³/mol. The van der Waals surface area contributed by atoms with Crippen LogP contribution in [0.25, 0.3) is 16.9 Å². The molecule has 0 saturated carbocycles. The van der Waals surface area contributed by atoms with Gasteiger partial charge in [0.1, 0.15) is 12.1 Å². The maximum absolute atomic E-state index is 4.75. The van der Waals surface area contributed by atoms with E-state index >= 15 is 0 Å². The molecule has 3 aromatic heterocycles. The van der Waals surface area contributed by atoms with E-state index in [1.54, 1.807) is 16.8 Å². The van der Waals surface area contributed by atoms with Gasteiger partial charge in [0.05, 0.1) is 11.7 Å². The largest absolute Gasteiger partial charge is 0.348 e. The monoisotopic (exact) mass is 408 g/mol. The highest BCUT2D eigenvalue weighted by Crippen LogP contribution is 2.23. The van der Waals surface area contributed by atoms with Gasteiger partial charge in [-0.2, -0.15) is 14.6 Å². The summed E-state index contributed by atoms with van der Waals surface area (Å²) in [4.78, 5) is 18.0. The van der Waals surface area contributed by atoms with Crippen molar-refractivity contribution in [3.05, 3.63) is 90.9 Å². The molecule has 5 rings (SSSR count). The van der Waals surface area contributed by atoms with Gasteiger partial charge >= 0.3 is 0 Å². The van der Waals surface area contributed by atoms with Crippen molar-refractivity contribution < 1.29 is 0 Å². The normalized spacial score (nSPS) is 11.9. The molecule has 0 aliphatic carbocycles. The van der Waals surface area contributed by atoms with E-state index in [-0.39, 0.29) is 6.04 Å². The molecule has 0 saturated heterocycles. The Hall–Kier alpha value is -4.33. The number of hydrogen-bond acceptors (Lipinski definition) is 7. The fraction of sp³-hybridized carbons (Fsp3) is 0.0870.